The summed E-state index contributed by atoms with van der Waals surface area (Å²) in [7, 11) is 1.29. The number of H-pyrrole nitrogens is 2. The van der Waals surface area contributed by atoms with Crippen LogP contribution in [0.2, 0.25) is 0 Å². The van der Waals surface area contributed by atoms with Crippen molar-refractivity contribution in [2.45, 2.75) is 62.6 Å². The van der Waals surface area contributed by atoms with Crippen LogP contribution in [0.3, 0.4) is 0 Å². The average Bonchev–Trinajstić information content (AvgIpc) is 3.93. The van der Waals surface area contributed by atoms with Crippen molar-refractivity contribution in [2.24, 2.45) is 5.92 Å². The SMILES string of the molecule is COC(=O)N[C@H](C(=O)N1CCCC1c1ncc(-c2ccc(C#CC#Cc3cnc(C4CCCN4)[nH]3)c(-c3ccccc3)c2S)[nH]1)C(C)C. The van der Waals surface area contributed by atoms with Gasteiger partial charge < -0.3 is 30.2 Å². The second kappa shape index (κ2) is 14.8. The summed E-state index contributed by atoms with van der Waals surface area (Å²) < 4.78 is 4.76. The minimum absolute atomic E-state index is 0.113. The summed E-state index contributed by atoms with van der Waals surface area (Å²) in [6.45, 7) is 5.39. The molecule has 0 bridgehead atoms. The summed E-state index contributed by atoms with van der Waals surface area (Å²) in [5, 5.41) is 6.14. The van der Waals surface area contributed by atoms with Gasteiger partial charge in [0.15, 0.2) is 0 Å². The van der Waals surface area contributed by atoms with Crippen LogP contribution in [0, 0.1) is 29.6 Å². The van der Waals surface area contributed by atoms with Gasteiger partial charge in [0.05, 0.1) is 37.3 Å². The molecule has 0 aliphatic carbocycles. The Kier molecular flexibility index (Phi) is 10.2. The number of nitrogens with one attached hydrogen (secondary N) is 4. The number of aromatic amines is 2. The van der Waals surface area contributed by atoms with E-state index in [4.69, 9.17) is 22.3 Å². The molecule has 4 N–H and O–H groups in total. The van der Waals surface area contributed by atoms with Gasteiger partial charge in [-0.1, -0.05) is 56.2 Å². The lowest BCUT2D eigenvalue weighted by Crippen LogP contribution is -2.51. The van der Waals surface area contributed by atoms with Crippen LogP contribution in [0.5, 0.6) is 0 Å². The van der Waals surface area contributed by atoms with Gasteiger partial charge in [0.2, 0.25) is 5.91 Å². The second-order valence-electron chi connectivity index (χ2n) is 12.3. The fourth-order valence-electron chi connectivity index (χ4n) is 6.34. The minimum Gasteiger partial charge on any atom is -0.453 e. The summed E-state index contributed by atoms with van der Waals surface area (Å²) in [5.74, 6) is 13.6. The van der Waals surface area contributed by atoms with Crippen molar-refractivity contribution in [2.75, 3.05) is 20.2 Å². The van der Waals surface area contributed by atoms with Crippen LogP contribution in [-0.2, 0) is 9.53 Å². The number of ether oxygens (including phenoxy) is 1. The highest BCUT2D eigenvalue weighted by Gasteiger charge is 2.37. The highest BCUT2D eigenvalue weighted by Crippen LogP contribution is 2.38. The molecule has 4 heterocycles. The molecule has 0 radical (unpaired) electrons. The Morgan fingerprint density at radius 2 is 1.79 bits per heavy atom. The van der Waals surface area contributed by atoms with E-state index in [1.165, 1.54) is 7.11 Å². The van der Waals surface area contributed by atoms with Gasteiger partial charge in [-0.25, -0.2) is 14.8 Å². The highest BCUT2D eigenvalue weighted by molar-refractivity contribution is 7.80. The van der Waals surface area contributed by atoms with E-state index < -0.39 is 12.1 Å². The maximum Gasteiger partial charge on any atom is 0.407 e. The van der Waals surface area contributed by atoms with E-state index in [9.17, 15) is 9.59 Å². The number of thiol groups is 1. The van der Waals surface area contributed by atoms with Gasteiger partial charge in [-0.05, 0) is 67.5 Å². The molecule has 2 aliphatic heterocycles. The topological polar surface area (TPSA) is 128 Å². The molecule has 2 fully saturated rings. The first-order valence-corrected chi connectivity index (χ1v) is 16.7. The van der Waals surface area contributed by atoms with Gasteiger partial charge in [0.25, 0.3) is 0 Å². The standard InChI is InChI=1S/C37H39N7O3S/c1-23(2)32(43-37(46)47-3)36(45)44-20-10-16-30(44)35-40-22-29(42-35)27-18-17-25(31(33(27)48)24-11-5-4-6-12-24)13-7-8-14-26-21-39-34(41-26)28-15-9-19-38-28/h4-6,11-12,17-18,21-23,28,30,32,38,48H,9-10,15-16,19-20H2,1-3H3,(H,39,41)(H,40,42)(H,43,46)/t28?,30?,32-/m0/s1. The van der Waals surface area contributed by atoms with Crippen LogP contribution in [0.1, 0.15) is 74.5 Å². The molecule has 11 heteroatoms. The van der Waals surface area contributed by atoms with Crippen molar-refractivity contribution < 1.29 is 14.3 Å². The molecule has 246 valence electrons. The van der Waals surface area contributed by atoms with Crippen molar-refractivity contribution in [3.8, 4) is 46.1 Å². The number of benzene rings is 2. The summed E-state index contributed by atoms with van der Waals surface area (Å²) in [4.78, 5) is 44.1. The van der Waals surface area contributed by atoms with Crippen LogP contribution in [0.15, 0.2) is 59.8 Å². The summed E-state index contributed by atoms with van der Waals surface area (Å²) in [6, 6.07) is 13.3. The largest absolute Gasteiger partial charge is 0.453 e. The minimum atomic E-state index is -0.700. The van der Waals surface area contributed by atoms with Crippen LogP contribution in [-0.4, -0.2) is 63.1 Å². The van der Waals surface area contributed by atoms with E-state index in [0.29, 0.717) is 12.4 Å². The van der Waals surface area contributed by atoms with Gasteiger partial charge in [-0.3, -0.25) is 4.79 Å². The van der Waals surface area contributed by atoms with E-state index in [1.54, 1.807) is 17.3 Å². The van der Waals surface area contributed by atoms with Crippen LogP contribution in [0.4, 0.5) is 4.79 Å². The smallest absolute Gasteiger partial charge is 0.407 e. The fraction of sp³-hybridized carbons (Fsp3) is 0.351. The first-order chi connectivity index (χ1) is 23.3. The number of nitrogens with zero attached hydrogens (tertiary/aromatic N) is 3. The number of amides is 2. The van der Waals surface area contributed by atoms with E-state index in [2.05, 4.69) is 49.3 Å². The summed E-state index contributed by atoms with van der Waals surface area (Å²) in [5.41, 5.74) is 5.05. The molecule has 4 aromatic rings. The predicted molar refractivity (Wildman–Crippen MR) is 187 cm³/mol. The van der Waals surface area contributed by atoms with E-state index in [1.807, 2.05) is 56.3 Å². The van der Waals surface area contributed by atoms with E-state index >= 15 is 0 Å². The van der Waals surface area contributed by atoms with Crippen molar-refractivity contribution in [1.29, 1.82) is 0 Å². The number of carbonyl (C=O) groups excluding carboxylic acids is 2. The lowest BCUT2D eigenvalue weighted by Gasteiger charge is -2.30. The number of hydrogen-bond acceptors (Lipinski definition) is 7. The van der Waals surface area contributed by atoms with Crippen LogP contribution >= 0.6 is 12.6 Å². The summed E-state index contributed by atoms with van der Waals surface area (Å²) >= 11 is 5.02. The number of methoxy groups -OCH3 is 1. The molecule has 2 aromatic heterocycles. The Morgan fingerprint density at radius 3 is 2.54 bits per heavy atom. The van der Waals surface area contributed by atoms with Gasteiger partial charge in [-0.15, -0.1) is 12.6 Å². The third-order valence-electron chi connectivity index (χ3n) is 8.81. The van der Waals surface area contributed by atoms with Crippen molar-refractivity contribution in [3.05, 3.63) is 77.8 Å². The second-order valence-corrected chi connectivity index (χ2v) is 12.8. The Labute approximate surface area is 286 Å². The van der Waals surface area contributed by atoms with Gasteiger partial charge >= 0.3 is 6.09 Å². The molecular weight excluding hydrogens is 623 g/mol. The monoisotopic (exact) mass is 661 g/mol. The zero-order valence-electron chi connectivity index (χ0n) is 27.3. The molecule has 2 unspecified atom stereocenters. The molecular formula is C37H39N7O3S. The average molecular weight is 662 g/mol. The third-order valence-corrected chi connectivity index (χ3v) is 9.28. The molecule has 2 saturated heterocycles. The Bertz CT molecular complexity index is 1900. The number of aromatic nitrogens is 4. The Hall–Kier alpha value is -4.97. The number of likely N-dealkylation sites (tertiary alicyclic amines) is 1. The molecule has 48 heavy (non-hydrogen) atoms. The van der Waals surface area contributed by atoms with E-state index in [-0.39, 0.29) is 23.9 Å². The first kappa shape index (κ1) is 33.0. The quantitative estimate of drug-likeness (QED) is 0.129. The molecule has 3 atom stereocenters. The highest BCUT2D eigenvalue weighted by atomic mass is 32.1. The molecule has 0 saturated carbocycles. The maximum atomic E-state index is 13.6. The van der Waals surface area contributed by atoms with Crippen molar-refractivity contribution in [1.82, 2.24) is 35.5 Å². The normalized spacial score (nSPS) is 17.7. The predicted octanol–water partition coefficient (Wildman–Crippen LogP) is 5.63. The number of hydrogen-bond donors (Lipinski definition) is 5. The number of imidazole rings is 2. The lowest BCUT2D eigenvalue weighted by molar-refractivity contribution is -0.135. The first-order valence-electron chi connectivity index (χ1n) is 16.3. The summed E-state index contributed by atoms with van der Waals surface area (Å²) in [6.07, 6.45) is 6.71. The maximum absolute atomic E-state index is 13.6. The van der Waals surface area contributed by atoms with Gasteiger partial charge in [0, 0.05) is 28.1 Å². The van der Waals surface area contributed by atoms with Crippen molar-refractivity contribution in [3.63, 3.8) is 0 Å². The Morgan fingerprint density at radius 1 is 1.00 bits per heavy atom. The third kappa shape index (κ3) is 7.13. The number of alkyl carbamates (subject to hydrolysis) is 1. The Balaban J connectivity index is 1.27. The van der Waals surface area contributed by atoms with Gasteiger partial charge in [-0.2, -0.15) is 0 Å². The van der Waals surface area contributed by atoms with Crippen LogP contribution in [0.25, 0.3) is 22.4 Å². The molecule has 2 amide bonds. The van der Waals surface area contributed by atoms with E-state index in [0.717, 1.165) is 76.6 Å². The molecule has 0 spiro atoms. The fourth-order valence-corrected chi connectivity index (χ4v) is 6.78. The zero-order chi connectivity index (χ0) is 33.6. The number of carbonyl (C=O) groups is 2. The van der Waals surface area contributed by atoms with Gasteiger partial charge in [0.1, 0.15) is 23.4 Å². The van der Waals surface area contributed by atoms with Crippen molar-refractivity contribution >= 4 is 24.6 Å². The lowest BCUT2D eigenvalue weighted by atomic mass is 9.96. The molecule has 6 rings (SSSR count). The molecule has 2 aromatic carbocycles. The number of rotatable bonds is 7. The molecule has 10 nitrogen and oxygen atoms in total. The van der Waals surface area contributed by atoms with Crippen LogP contribution < -0.4 is 10.6 Å². The molecule has 2 aliphatic rings. The zero-order valence-corrected chi connectivity index (χ0v) is 28.2.